The number of rotatable bonds is 6. The van der Waals surface area contributed by atoms with E-state index in [1.54, 1.807) is 30.5 Å². The summed E-state index contributed by atoms with van der Waals surface area (Å²) in [5.74, 6) is 0.632. The normalized spacial score (nSPS) is 11.7. The van der Waals surface area contributed by atoms with Crippen LogP contribution in [0.1, 0.15) is 25.1 Å². The van der Waals surface area contributed by atoms with Gasteiger partial charge in [0.2, 0.25) is 5.91 Å². The molecule has 1 N–H and O–H groups in total. The van der Waals surface area contributed by atoms with Crippen molar-refractivity contribution in [1.82, 2.24) is 10.3 Å². The zero-order valence-electron chi connectivity index (χ0n) is 11.8. The molecule has 0 spiro atoms. The second-order valence-corrected chi connectivity index (χ2v) is 5.03. The minimum atomic E-state index is -0.116. The lowest BCUT2D eigenvalue weighted by Gasteiger charge is -2.13. The highest BCUT2D eigenvalue weighted by molar-refractivity contribution is 6.30. The molecular formula is C16H17ClN2O2. The summed E-state index contributed by atoms with van der Waals surface area (Å²) < 4.78 is 5.48. The molecule has 1 atom stereocenters. The summed E-state index contributed by atoms with van der Waals surface area (Å²) in [4.78, 5) is 16.0. The van der Waals surface area contributed by atoms with Crippen molar-refractivity contribution in [3.8, 4) is 5.75 Å². The van der Waals surface area contributed by atoms with Crippen molar-refractivity contribution in [2.75, 3.05) is 6.61 Å². The maximum Gasteiger partial charge on any atom is 0.223 e. The number of nitrogens with one attached hydrogen (secondary N) is 1. The lowest BCUT2D eigenvalue weighted by Crippen LogP contribution is -2.28. The average Bonchev–Trinajstić information content (AvgIpc) is 2.50. The molecule has 0 unspecified atom stereocenters. The number of carbonyl (C=O) groups excluding carboxylic acids is 1. The molecule has 2 aromatic rings. The van der Waals surface area contributed by atoms with Crippen LogP contribution < -0.4 is 10.1 Å². The Morgan fingerprint density at radius 2 is 2.05 bits per heavy atom. The molecule has 0 radical (unpaired) electrons. The fourth-order valence-electron chi connectivity index (χ4n) is 1.81. The third-order valence-electron chi connectivity index (χ3n) is 2.92. The van der Waals surface area contributed by atoms with E-state index in [2.05, 4.69) is 10.3 Å². The molecule has 0 fully saturated rings. The molecule has 0 aliphatic rings. The van der Waals surface area contributed by atoms with Crippen LogP contribution in [0.5, 0.6) is 5.75 Å². The molecule has 1 amide bonds. The van der Waals surface area contributed by atoms with Gasteiger partial charge >= 0.3 is 0 Å². The van der Waals surface area contributed by atoms with Crippen molar-refractivity contribution >= 4 is 17.5 Å². The van der Waals surface area contributed by atoms with Crippen LogP contribution >= 0.6 is 11.6 Å². The van der Waals surface area contributed by atoms with Gasteiger partial charge in [0, 0.05) is 11.2 Å². The third kappa shape index (κ3) is 5.08. The van der Waals surface area contributed by atoms with Crippen LogP contribution in [0, 0.1) is 0 Å². The lowest BCUT2D eigenvalue weighted by atomic mass is 10.2. The first kappa shape index (κ1) is 15.3. The smallest absolute Gasteiger partial charge is 0.223 e. The predicted octanol–water partition coefficient (Wildman–Crippen LogP) is 3.38. The van der Waals surface area contributed by atoms with Crippen molar-refractivity contribution in [3.63, 3.8) is 0 Å². The van der Waals surface area contributed by atoms with Crippen LogP contribution in [-0.2, 0) is 4.79 Å². The van der Waals surface area contributed by atoms with Crippen LogP contribution in [0.4, 0.5) is 0 Å². The van der Waals surface area contributed by atoms with Crippen molar-refractivity contribution in [3.05, 3.63) is 59.4 Å². The summed E-state index contributed by atoms with van der Waals surface area (Å²) in [7, 11) is 0. The zero-order valence-corrected chi connectivity index (χ0v) is 12.5. The van der Waals surface area contributed by atoms with Gasteiger partial charge in [-0.2, -0.15) is 0 Å². The minimum absolute atomic E-state index is 0.0675. The lowest BCUT2D eigenvalue weighted by molar-refractivity contribution is -0.122. The largest absolute Gasteiger partial charge is 0.493 e. The van der Waals surface area contributed by atoms with E-state index in [0.29, 0.717) is 23.8 Å². The van der Waals surface area contributed by atoms with Crippen molar-refractivity contribution in [2.45, 2.75) is 19.4 Å². The fourth-order valence-corrected chi connectivity index (χ4v) is 1.94. The van der Waals surface area contributed by atoms with E-state index in [0.717, 1.165) is 5.69 Å². The van der Waals surface area contributed by atoms with E-state index >= 15 is 0 Å². The molecule has 0 saturated heterocycles. The van der Waals surface area contributed by atoms with Gasteiger partial charge < -0.3 is 10.1 Å². The molecule has 0 bridgehead atoms. The molecule has 110 valence electrons. The maximum atomic E-state index is 11.8. The third-order valence-corrected chi connectivity index (χ3v) is 3.17. The Balaban J connectivity index is 1.73. The fraction of sp³-hybridized carbons (Fsp3) is 0.250. The number of halogens is 1. The first-order valence-corrected chi connectivity index (χ1v) is 7.11. The zero-order chi connectivity index (χ0) is 15.1. The minimum Gasteiger partial charge on any atom is -0.493 e. The van der Waals surface area contributed by atoms with Gasteiger partial charge in [0.05, 0.1) is 24.8 Å². The monoisotopic (exact) mass is 304 g/mol. The summed E-state index contributed by atoms with van der Waals surface area (Å²) >= 11 is 5.79. The molecule has 0 aliphatic carbocycles. The molecule has 4 nitrogen and oxygen atoms in total. The first-order chi connectivity index (χ1) is 10.1. The van der Waals surface area contributed by atoms with Gasteiger partial charge in [-0.05, 0) is 43.3 Å². The van der Waals surface area contributed by atoms with E-state index < -0.39 is 0 Å². The van der Waals surface area contributed by atoms with Gasteiger partial charge in [0.25, 0.3) is 0 Å². The maximum absolute atomic E-state index is 11.8. The second kappa shape index (κ2) is 7.64. The standard InChI is InChI=1S/C16H17ClN2O2/c1-12(15-4-2-3-10-18-15)19-16(20)9-11-21-14-7-5-13(17)6-8-14/h2-8,10,12H,9,11H2,1H3,(H,19,20)/t12-/m1/s1. The summed E-state index contributed by atoms with van der Waals surface area (Å²) in [6, 6.07) is 12.6. The highest BCUT2D eigenvalue weighted by Gasteiger charge is 2.10. The van der Waals surface area contributed by atoms with Crippen molar-refractivity contribution in [1.29, 1.82) is 0 Å². The summed E-state index contributed by atoms with van der Waals surface area (Å²) in [5, 5.41) is 3.55. The highest BCUT2D eigenvalue weighted by Crippen LogP contribution is 2.15. The number of nitrogens with zero attached hydrogens (tertiary/aromatic N) is 1. The number of ether oxygens (including phenoxy) is 1. The van der Waals surface area contributed by atoms with Crippen molar-refractivity contribution in [2.24, 2.45) is 0 Å². The topological polar surface area (TPSA) is 51.2 Å². The second-order valence-electron chi connectivity index (χ2n) is 4.60. The summed E-state index contributed by atoms with van der Waals surface area (Å²) in [6.45, 7) is 2.22. The van der Waals surface area contributed by atoms with Crippen molar-refractivity contribution < 1.29 is 9.53 Å². The molecule has 21 heavy (non-hydrogen) atoms. The molecule has 2 rings (SSSR count). The molecule has 0 aliphatic heterocycles. The Bertz CT molecular complexity index is 573. The van der Waals surface area contributed by atoms with Gasteiger partial charge in [-0.3, -0.25) is 9.78 Å². The van der Waals surface area contributed by atoms with Crippen LogP contribution in [0.25, 0.3) is 0 Å². The van der Waals surface area contributed by atoms with E-state index in [9.17, 15) is 4.79 Å². The van der Waals surface area contributed by atoms with Gasteiger partial charge in [-0.25, -0.2) is 0 Å². The Kier molecular flexibility index (Phi) is 5.58. The van der Waals surface area contributed by atoms with Crippen LogP contribution in [0.3, 0.4) is 0 Å². The number of aromatic nitrogens is 1. The number of benzene rings is 1. The van der Waals surface area contributed by atoms with Gasteiger partial charge in [-0.1, -0.05) is 17.7 Å². The SMILES string of the molecule is C[C@@H](NC(=O)CCOc1ccc(Cl)cc1)c1ccccn1. The molecule has 1 aromatic heterocycles. The number of carbonyl (C=O) groups is 1. The van der Waals surface area contributed by atoms with Crippen LogP contribution in [-0.4, -0.2) is 17.5 Å². The highest BCUT2D eigenvalue weighted by atomic mass is 35.5. The molecular weight excluding hydrogens is 288 g/mol. The van der Waals surface area contributed by atoms with Gasteiger partial charge in [0.1, 0.15) is 5.75 Å². The Hall–Kier alpha value is -2.07. The number of amides is 1. The van der Waals surface area contributed by atoms with Gasteiger partial charge in [0.15, 0.2) is 0 Å². The average molecular weight is 305 g/mol. The number of hydrogen-bond donors (Lipinski definition) is 1. The molecule has 1 heterocycles. The molecule has 1 aromatic carbocycles. The Morgan fingerprint density at radius 1 is 1.29 bits per heavy atom. The number of pyridine rings is 1. The van der Waals surface area contributed by atoms with E-state index in [1.807, 2.05) is 25.1 Å². The van der Waals surface area contributed by atoms with E-state index in [1.165, 1.54) is 0 Å². The quantitative estimate of drug-likeness (QED) is 0.890. The first-order valence-electron chi connectivity index (χ1n) is 6.74. The van der Waals surface area contributed by atoms with E-state index in [4.69, 9.17) is 16.3 Å². The predicted molar refractivity (Wildman–Crippen MR) is 82.4 cm³/mol. The van der Waals surface area contributed by atoms with Crippen LogP contribution in [0.15, 0.2) is 48.7 Å². The summed E-state index contributed by atoms with van der Waals surface area (Å²) in [5.41, 5.74) is 0.837. The Morgan fingerprint density at radius 3 is 2.71 bits per heavy atom. The van der Waals surface area contributed by atoms with Gasteiger partial charge in [-0.15, -0.1) is 0 Å². The van der Waals surface area contributed by atoms with E-state index in [-0.39, 0.29) is 11.9 Å². The van der Waals surface area contributed by atoms with Crippen LogP contribution in [0.2, 0.25) is 5.02 Å². The summed E-state index contributed by atoms with van der Waals surface area (Å²) in [6.07, 6.45) is 2.00. The molecule has 5 heteroatoms. The Labute approximate surface area is 129 Å². The molecule has 0 saturated carbocycles. The number of hydrogen-bond acceptors (Lipinski definition) is 3.